The first-order valence-corrected chi connectivity index (χ1v) is 10.3. The maximum Gasteiger partial charge on any atom is 0.290 e. The molecule has 2 heterocycles. The van der Waals surface area contributed by atoms with Gasteiger partial charge in [0, 0.05) is 19.1 Å². The number of rotatable bonds is 5. The summed E-state index contributed by atoms with van der Waals surface area (Å²) in [5.74, 6) is 0.567. The molecule has 2 fully saturated rings. The van der Waals surface area contributed by atoms with Crippen molar-refractivity contribution in [1.29, 1.82) is 0 Å². The molecule has 0 radical (unpaired) electrons. The van der Waals surface area contributed by atoms with Gasteiger partial charge in [-0.05, 0) is 43.4 Å². The maximum absolute atomic E-state index is 13.5. The number of para-hydroxylation sites is 1. The molecule has 0 aromatic heterocycles. The molecule has 2 saturated heterocycles. The Hall–Kier alpha value is -3.35. The van der Waals surface area contributed by atoms with E-state index in [-0.39, 0.29) is 30.4 Å². The molecule has 4 rings (SSSR count). The molecule has 0 unspecified atom stereocenters. The van der Waals surface area contributed by atoms with Crippen LogP contribution in [0.15, 0.2) is 54.6 Å². The molecule has 164 valence electrons. The minimum Gasteiger partial charge on any atom is -0.496 e. The summed E-state index contributed by atoms with van der Waals surface area (Å²) >= 11 is 0. The average Bonchev–Trinajstić information content (AvgIpc) is 3.35. The van der Waals surface area contributed by atoms with Gasteiger partial charge in [0.2, 0.25) is 5.91 Å². The summed E-state index contributed by atoms with van der Waals surface area (Å²) in [4.78, 5) is 36.9. The second kappa shape index (κ2) is 9.64. The highest BCUT2D eigenvalue weighted by Crippen LogP contribution is 2.52. The molecule has 7 nitrogen and oxygen atoms in total. The van der Waals surface area contributed by atoms with Gasteiger partial charge in [0.05, 0.1) is 18.1 Å². The zero-order chi connectivity index (χ0) is 22.4. The number of carbonyl (C=O) groups excluding carboxylic acids is 2. The Balaban J connectivity index is 0.000000858. The van der Waals surface area contributed by atoms with Gasteiger partial charge in [-0.3, -0.25) is 14.4 Å². The number of carbonyl (C=O) groups is 3. The summed E-state index contributed by atoms with van der Waals surface area (Å²) in [5, 5.41) is 9.76. The van der Waals surface area contributed by atoms with E-state index in [2.05, 4.69) is 17.4 Å². The number of fused-ring (bicyclic) bond motifs is 2. The lowest BCUT2D eigenvalue weighted by Gasteiger charge is -2.36. The van der Waals surface area contributed by atoms with Crippen molar-refractivity contribution in [2.75, 3.05) is 14.2 Å². The highest BCUT2D eigenvalue weighted by Gasteiger charge is 2.61. The van der Waals surface area contributed by atoms with Crippen LogP contribution in [-0.4, -0.2) is 54.5 Å². The molecule has 3 atom stereocenters. The minimum atomic E-state index is -0.587. The third-order valence-corrected chi connectivity index (χ3v) is 6.35. The third kappa shape index (κ3) is 4.13. The Labute approximate surface area is 182 Å². The summed E-state index contributed by atoms with van der Waals surface area (Å²) in [6, 6.07) is 17.4. The molecule has 2 amide bonds. The zero-order valence-corrected chi connectivity index (χ0v) is 17.8. The highest BCUT2D eigenvalue weighted by atomic mass is 16.5. The molecule has 2 aliphatic rings. The zero-order valence-electron chi connectivity index (χ0n) is 17.8. The molecular formula is C24H28N2O5. The van der Waals surface area contributed by atoms with E-state index in [1.54, 1.807) is 26.3 Å². The molecule has 2 bridgehead atoms. The van der Waals surface area contributed by atoms with Gasteiger partial charge in [-0.25, -0.2) is 0 Å². The predicted octanol–water partition coefficient (Wildman–Crippen LogP) is 2.75. The topological polar surface area (TPSA) is 95.9 Å². The van der Waals surface area contributed by atoms with Crippen molar-refractivity contribution in [3.8, 4) is 5.75 Å². The van der Waals surface area contributed by atoms with Crippen molar-refractivity contribution in [1.82, 2.24) is 10.2 Å². The smallest absolute Gasteiger partial charge is 0.290 e. The van der Waals surface area contributed by atoms with E-state index in [1.165, 1.54) is 0 Å². The summed E-state index contributed by atoms with van der Waals surface area (Å²) < 4.78 is 5.41. The first-order chi connectivity index (χ1) is 15.0. The van der Waals surface area contributed by atoms with Crippen LogP contribution in [0.3, 0.4) is 0 Å². The number of methoxy groups -OCH3 is 1. The second-order valence-corrected chi connectivity index (χ2v) is 7.87. The summed E-state index contributed by atoms with van der Waals surface area (Å²) in [6.07, 6.45) is 3.14. The number of nitrogens with one attached hydrogen (secondary N) is 1. The van der Waals surface area contributed by atoms with E-state index in [4.69, 9.17) is 14.6 Å². The van der Waals surface area contributed by atoms with E-state index in [0.717, 1.165) is 18.4 Å². The molecule has 2 N–H and O–H groups in total. The summed E-state index contributed by atoms with van der Waals surface area (Å²) in [5.41, 5.74) is 1.11. The Bertz CT molecular complexity index is 933. The van der Waals surface area contributed by atoms with Crippen molar-refractivity contribution in [3.05, 3.63) is 65.7 Å². The molecule has 7 heteroatoms. The molecule has 0 saturated carbocycles. The van der Waals surface area contributed by atoms with Crippen LogP contribution < -0.4 is 10.1 Å². The molecule has 0 spiro atoms. The van der Waals surface area contributed by atoms with Gasteiger partial charge in [-0.15, -0.1) is 0 Å². The number of nitrogens with zero attached hydrogens (tertiary/aromatic N) is 1. The second-order valence-electron chi connectivity index (χ2n) is 7.87. The van der Waals surface area contributed by atoms with Gasteiger partial charge >= 0.3 is 0 Å². The molecule has 31 heavy (non-hydrogen) atoms. The van der Waals surface area contributed by atoms with Crippen LogP contribution in [0.4, 0.5) is 0 Å². The SMILES string of the molecule is CNC(=O)[C@]1(Cc2ccccc2)C[C@@H]2CC[C@H]1N2C(=O)c1ccccc1OC.O=CO. The third-order valence-electron chi connectivity index (χ3n) is 6.35. The van der Waals surface area contributed by atoms with Crippen molar-refractivity contribution in [3.63, 3.8) is 0 Å². The standard InChI is InChI=1S/C23H26N2O3.CH2O2/c1-24-22(27)23(14-16-8-4-3-5-9-16)15-17-12-13-20(23)25(17)21(26)18-10-6-7-11-19(18)28-2;2-1-3/h3-11,17,20H,12-15H2,1-2H3,(H,24,27);1H,(H,2,3)/t17-,20+,23+;/m0./s1. The number of carboxylic acid groups (broad SMARTS) is 1. The van der Waals surface area contributed by atoms with Crippen molar-refractivity contribution < 1.29 is 24.2 Å². The normalized spacial score (nSPS) is 23.5. The van der Waals surface area contributed by atoms with Crippen molar-refractivity contribution in [2.45, 2.75) is 37.8 Å². The molecule has 0 aliphatic carbocycles. The van der Waals surface area contributed by atoms with Crippen molar-refractivity contribution in [2.24, 2.45) is 5.41 Å². The monoisotopic (exact) mass is 424 g/mol. The van der Waals surface area contributed by atoms with Gasteiger partial charge in [0.15, 0.2) is 0 Å². The van der Waals surface area contributed by atoms with E-state index >= 15 is 0 Å². The first kappa shape index (κ1) is 22.3. The van der Waals surface area contributed by atoms with Gasteiger partial charge in [0.1, 0.15) is 5.75 Å². The Morgan fingerprint density at radius 1 is 1.16 bits per heavy atom. The van der Waals surface area contributed by atoms with Gasteiger partial charge in [-0.2, -0.15) is 0 Å². The van der Waals surface area contributed by atoms with E-state index in [1.807, 2.05) is 35.2 Å². The fourth-order valence-corrected chi connectivity index (χ4v) is 5.17. The Morgan fingerprint density at radius 2 is 1.81 bits per heavy atom. The maximum atomic E-state index is 13.5. The Morgan fingerprint density at radius 3 is 2.45 bits per heavy atom. The lowest BCUT2D eigenvalue weighted by molar-refractivity contribution is -0.132. The van der Waals surface area contributed by atoms with Gasteiger partial charge in [-0.1, -0.05) is 42.5 Å². The quantitative estimate of drug-likeness (QED) is 0.720. The van der Waals surface area contributed by atoms with E-state index in [9.17, 15) is 9.59 Å². The van der Waals surface area contributed by atoms with Crippen LogP contribution in [0.1, 0.15) is 35.2 Å². The number of hydrogen-bond acceptors (Lipinski definition) is 4. The summed E-state index contributed by atoms with van der Waals surface area (Å²) in [6.45, 7) is -0.250. The molecule has 2 aliphatic heterocycles. The average molecular weight is 424 g/mol. The highest BCUT2D eigenvalue weighted by molar-refractivity contribution is 5.99. The van der Waals surface area contributed by atoms with E-state index < -0.39 is 5.41 Å². The van der Waals surface area contributed by atoms with Crippen LogP contribution in [0.2, 0.25) is 0 Å². The van der Waals surface area contributed by atoms with Gasteiger partial charge < -0.3 is 20.1 Å². The Kier molecular flexibility index (Phi) is 6.95. The van der Waals surface area contributed by atoms with Crippen LogP contribution in [0.25, 0.3) is 0 Å². The molecule has 2 aromatic rings. The predicted molar refractivity (Wildman–Crippen MR) is 116 cm³/mol. The molecular weight excluding hydrogens is 396 g/mol. The van der Waals surface area contributed by atoms with Crippen LogP contribution >= 0.6 is 0 Å². The molecule has 2 aromatic carbocycles. The largest absolute Gasteiger partial charge is 0.496 e. The minimum absolute atomic E-state index is 0.0291. The van der Waals surface area contributed by atoms with E-state index in [0.29, 0.717) is 24.2 Å². The van der Waals surface area contributed by atoms with Crippen LogP contribution in [0, 0.1) is 5.41 Å². The van der Waals surface area contributed by atoms with Crippen LogP contribution in [0.5, 0.6) is 5.75 Å². The first-order valence-electron chi connectivity index (χ1n) is 10.3. The number of hydrogen-bond donors (Lipinski definition) is 2. The van der Waals surface area contributed by atoms with Gasteiger partial charge in [0.25, 0.3) is 12.4 Å². The van der Waals surface area contributed by atoms with Crippen LogP contribution in [-0.2, 0) is 16.0 Å². The number of benzene rings is 2. The summed E-state index contributed by atoms with van der Waals surface area (Å²) in [7, 11) is 3.27. The lowest BCUT2D eigenvalue weighted by Crippen LogP contribution is -2.50. The van der Waals surface area contributed by atoms with Crippen molar-refractivity contribution >= 4 is 18.3 Å². The number of ether oxygens (including phenoxy) is 1. The lowest BCUT2D eigenvalue weighted by atomic mass is 9.69. The fourth-order valence-electron chi connectivity index (χ4n) is 5.17. The number of amides is 2. The fraction of sp³-hybridized carbons (Fsp3) is 0.375.